The summed E-state index contributed by atoms with van der Waals surface area (Å²) in [5, 5.41) is 4.95. The lowest BCUT2D eigenvalue weighted by Gasteiger charge is -2.37. The highest BCUT2D eigenvalue weighted by Gasteiger charge is 2.48. The number of urea groups is 1. The summed E-state index contributed by atoms with van der Waals surface area (Å²) < 4.78 is 5.66. The second-order valence-corrected chi connectivity index (χ2v) is 6.25. The maximum atomic E-state index is 12.5. The van der Waals surface area contributed by atoms with Crippen LogP contribution in [0.5, 0.6) is 0 Å². The van der Waals surface area contributed by atoms with Gasteiger partial charge in [-0.25, -0.2) is 4.79 Å². The van der Waals surface area contributed by atoms with Crippen molar-refractivity contribution in [3.63, 3.8) is 0 Å². The van der Waals surface area contributed by atoms with E-state index in [-0.39, 0.29) is 11.8 Å². The lowest BCUT2D eigenvalue weighted by atomic mass is 9.87. The van der Waals surface area contributed by atoms with E-state index in [0.29, 0.717) is 32.5 Å². The van der Waals surface area contributed by atoms with E-state index in [2.05, 4.69) is 10.6 Å². The van der Waals surface area contributed by atoms with Gasteiger partial charge < -0.3 is 15.0 Å². The molecule has 24 heavy (non-hydrogen) atoms. The summed E-state index contributed by atoms with van der Waals surface area (Å²) in [5.41, 5.74) is 0.155. The summed E-state index contributed by atoms with van der Waals surface area (Å²) in [4.78, 5) is 37.4. The van der Waals surface area contributed by atoms with Crippen molar-refractivity contribution in [2.75, 3.05) is 13.1 Å². The number of rotatable bonds is 4. The fourth-order valence-electron chi connectivity index (χ4n) is 3.11. The van der Waals surface area contributed by atoms with Gasteiger partial charge >= 0.3 is 6.03 Å². The number of hydrogen-bond acceptors (Lipinski definition) is 4. The van der Waals surface area contributed by atoms with E-state index in [9.17, 15) is 14.4 Å². The average molecular weight is 331 g/mol. The van der Waals surface area contributed by atoms with Gasteiger partial charge in [-0.2, -0.15) is 0 Å². The van der Waals surface area contributed by atoms with Gasteiger partial charge in [0.15, 0.2) is 0 Å². The zero-order valence-corrected chi connectivity index (χ0v) is 13.6. The highest BCUT2D eigenvalue weighted by Crippen LogP contribution is 2.26. The SMILES string of the molecule is C[C@@H](OCc1ccccc1)C(=O)N1CCC2(CC1)NC(=O)NC2=O. The summed E-state index contributed by atoms with van der Waals surface area (Å²) in [7, 11) is 0. The van der Waals surface area contributed by atoms with E-state index in [4.69, 9.17) is 4.74 Å². The second-order valence-electron chi connectivity index (χ2n) is 6.25. The first-order chi connectivity index (χ1) is 11.5. The molecule has 2 aliphatic rings. The molecular formula is C17H21N3O4. The van der Waals surface area contributed by atoms with Gasteiger partial charge in [-0.1, -0.05) is 30.3 Å². The smallest absolute Gasteiger partial charge is 0.322 e. The fraction of sp³-hybridized carbons (Fsp3) is 0.471. The largest absolute Gasteiger partial charge is 0.364 e. The Morgan fingerprint density at radius 3 is 2.50 bits per heavy atom. The van der Waals surface area contributed by atoms with Gasteiger partial charge in [-0.05, 0) is 25.3 Å². The molecule has 128 valence electrons. The van der Waals surface area contributed by atoms with E-state index in [0.717, 1.165) is 5.56 Å². The highest BCUT2D eigenvalue weighted by atomic mass is 16.5. The van der Waals surface area contributed by atoms with Gasteiger partial charge in [-0.15, -0.1) is 0 Å². The van der Waals surface area contributed by atoms with Crippen LogP contribution in [0.3, 0.4) is 0 Å². The Kier molecular flexibility index (Phi) is 4.53. The zero-order chi connectivity index (χ0) is 17.2. The maximum absolute atomic E-state index is 12.5. The third-order valence-corrected chi connectivity index (χ3v) is 4.63. The van der Waals surface area contributed by atoms with E-state index >= 15 is 0 Å². The predicted molar refractivity (Wildman–Crippen MR) is 85.9 cm³/mol. The first-order valence-corrected chi connectivity index (χ1v) is 8.08. The molecule has 7 heteroatoms. The van der Waals surface area contributed by atoms with E-state index in [1.54, 1.807) is 11.8 Å². The maximum Gasteiger partial charge on any atom is 0.322 e. The summed E-state index contributed by atoms with van der Waals surface area (Å²) in [5.74, 6) is -0.390. The van der Waals surface area contributed by atoms with Crippen LogP contribution in [-0.2, 0) is 20.9 Å². The van der Waals surface area contributed by atoms with E-state index in [1.807, 2.05) is 30.3 Å². The molecule has 1 aromatic rings. The number of piperidine rings is 1. The predicted octanol–water partition coefficient (Wildman–Crippen LogP) is 0.792. The number of nitrogens with zero attached hydrogens (tertiary/aromatic N) is 1. The number of ether oxygens (including phenoxy) is 1. The van der Waals surface area contributed by atoms with Gasteiger partial charge in [0.2, 0.25) is 0 Å². The van der Waals surface area contributed by atoms with Gasteiger partial charge in [0.05, 0.1) is 6.61 Å². The van der Waals surface area contributed by atoms with Gasteiger partial charge in [0, 0.05) is 13.1 Å². The monoisotopic (exact) mass is 331 g/mol. The Bertz CT molecular complexity index is 638. The van der Waals surface area contributed by atoms with Crippen LogP contribution in [0.1, 0.15) is 25.3 Å². The number of likely N-dealkylation sites (tertiary alicyclic amines) is 1. The Morgan fingerprint density at radius 2 is 1.92 bits per heavy atom. The minimum absolute atomic E-state index is 0.0921. The number of carbonyl (C=O) groups is 3. The van der Waals surface area contributed by atoms with Crippen molar-refractivity contribution in [1.82, 2.24) is 15.5 Å². The quantitative estimate of drug-likeness (QED) is 0.799. The summed E-state index contributed by atoms with van der Waals surface area (Å²) >= 11 is 0. The highest BCUT2D eigenvalue weighted by molar-refractivity contribution is 6.07. The molecule has 0 aromatic heterocycles. The van der Waals surface area contributed by atoms with E-state index in [1.165, 1.54) is 0 Å². The van der Waals surface area contributed by atoms with Crippen LogP contribution >= 0.6 is 0 Å². The molecule has 0 bridgehead atoms. The summed E-state index contributed by atoms with van der Waals surface area (Å²) in [6.07, 6.45) is 0.287. The second kappa shape index (κ2) is 6.60. The number of imide groups is 1. The van der Waals surface area contributed by atoms with Crippen molar-refractivity contribution in [2.45, 2.75) is 38.0 Å². The van der Waals surface area contributed by atoms with Crippen LogP contribution in [0.4, 0.5) is 4.79 Å². The first-order valence-electron chi connectivity index (χ1n) is 8.08. The topological polar surface area (TPSA) is 87.7 Å². The molecule has 2 heterocycles. The molecule has 1 aromatic carbocycles. The number of benzene rings is 1. The third kappa shape index (κ3) is 3.26. The van der Waals surface area contributed by atoms with Crippen LogP contribution in [-0.4, -0.2) is 47.5 Å². The first kappa shape index (κ1) is 16.4. The molecule has 2 N–H and O–H groups in total. The molecule has 2 aliphatic heterocycles. The number of nitrogens with one attached hydrogen (secondary N) is 2. The van der Waals surface area contributed by atoms with Gasteiger partial charge in [-0.3, -0.25) is 14.9 Å². The Labute approximate surface area is 140 Å². The standard InChI is InChI=1S/C17H21N3O4/c1-12(24-11-13-5-3-2-4-6-13)14(21)20-9-7-17(8-10-20)15(22)18-16(23)19-17/h2-6,12H,7-11H2,1H3,(H2,18,19,22,23)/t12-/m1/s1. The van der Waals surface area contributed by atoms with Gasteiger partial charge in [0.1, 0.15) is 11.6 Å². The molecule has 7 nitrogen and oxygen atoms in total. The molecule has 0 radical (unpaired) electrons. The zero-order valence-electron chi connectivity index (χ0n) is 13.6. The molecule has 0 saturated carbocycles. The molecule has 0 aliphatic carbocycles. The lowest BCUT2D eigenvalue weighted by Crippen LogP contribution is -2.56. The Hall–Kier alpha value is -2.41. The van der Waals surface area contributed by atoms with Crippen LogP contribution < -0.4 is 10.6 Å². The molecule has 1 spiro atoms. The molecule has 2 fully saturated rings. The van der Waals surface area contributed by atoms with Crippen LogP contribution in [0.2, 0.25) is 0 Å². The third-order valence-electron chi connectivity index (χ3n) is 4.63. The van der Waals surface area contributed by atoms with Crippen molar-refractivity contribution in [2.24, 2.45) is 0 Å². The number of carbonyl (C=O) groups excluding carboxylic acids is 3. The minimum atomic E-state index is -0.859. The molecule has 1 atom stereocenters. The van der Waals surface area contributed by atoms with Crippen molar-refractivity contribution in [3.05, 3.63) is 35.9 Å². The number of amides is 4. The molecule has 0 unspecified atom stereocenters. The lowest BCUT2D eigenvalue weighted by molar-refractivity contribution is -0.146. The Balaban J connectivity index is 1.51. The molecule has 4 amide bonds. The van der Waals surface area contributed by atoms with E-state index < -0.39 is 17.7 Å². The summed E-state index contributed by atoms with van der Waals surface area (Å²) in [6, 6.07) is 9.22. The van der Waals surface area contributed by atoms with Crippen LogP contribution in [0.25, 0.3) is 0 Å². The number of hydrogen-bond donors (Lipinski definition) is 2. The summed E-state index contributed by atoms with van der Waals surface area (Å²) in [6.45, 7) is 2.96. The minimum Gasteiger partial charge on any atom is -0.364 e. The van der Waals surface area contributed by atoms with Crippen LogP contribution in [0.15, 0.2) is 30.3 Å². The van der Waals surface area contributed by atoms with Crippen LogP contribution in [0, 0.1) is 0 Å². The molecular weight excluding hydrogens is 310 g/mol. The van der Waals surface area contributed by atoms with Crippen molar-refractivity contribution < 1.29 is 19.1 Å². The molecule has 2 saturated heterocycles. The van der Waals surface area contributed by atoms with Crippen molar-refractivity contribution in [1.29, 1.82) is 0 Å². The van der Waals surface area contributed by atoms with Crippen molar-refractivity contribution in [3.8, 4) is 0 Å². The normalized spacial score (nSPS) is 20.6. The fourth-order valence-corrected chi connectivity index (χ4v) is 3.11. The van der Waals surface area contributed by atoms with Gasteiger partial charge in [0.25, 0.3) is 11.8 Å². The van der Waals surface area contributed by atoms with Crippen molar-refractivity contribution >= 4 is 17.8 Å². The average Bonchev–Trinajstić information content (AvgIpc) is 2.87. The molecule has 3 rings (SSSR count). The Morgan fingerprint density at radius 1 is 1.25 bits per heavy atom.